The van der Waals surface area contributed by atoms with Crippen LogP contribution in [0.15, 0.2) is 0 Å². The Kier molecular flexibility index (Phi) is 22.9. The average Bonchev–Trinajstić information content (AvgIpc) is 2.10. The fourth-order valence-corrected chi connectivity index (χ4v) is 1.11. The van der Waals surface area contributed by atoms with Gasteiger partial charge in [-0.25, -0.2) is 0 Å². The van der Waals surface area contributed by atoms with Crippen LogP contribution in [0, 0.1) is 0 Å². The molecule has 0 rings (SSSR count). The van der Waals surface area contributed by atoms with Crippen molar-refractivity contribution in [1.29, 1.82) is 0 Å². The molecule has 0 aliphatic heterocycles. The predicted molar refractivity (Wildman–Crippen MR) is 89.6 cm³/mol. The van der Waals surface area contributed by atoms with Gasteiger partial charge >= 0.3 is 34.7 Å². The molecule has 0 radical (unpaired) electrons. The number of hydrogen-bond donors (Lipinski definition) is 0. The van der Waals surface area contributed by atoms with Crippen LogP contribution in [0.25, 0.3) is 0 Å². The molecule has 0 bridgehead atoms. The van der Waals surface area contributed by atoms with Gasteiger partial charge in [0.15, 0.2) is 19.3 Å². The van der Waals surface area contributed by atoms with Crippen LogP contribution < -0.4 is 0 Å². The number of carbonyl (C=O) groups excluding carboxylic acids is 6. The first-order chi connectivity index (χ1) is 9.38. The Bertz CT molecular complexity index is 314. The van der Waals surface area contributed by atoms with Crippen LogP contribution >= 0.6 is 0 Å². The summed E-state index contributed by atoms with van der Waals surface area (Å²) < 4.78 is 0. The van der Waals surface area contributed by atoms with E-state index in [0.29, 0.717) is 19.3 Å². The summed E-state index contributed by atoms with van der Waals surface area (Å²) in [5, 5.41) is 0. The molecule has 126 valence electrons. The molecule has 0 amide bonds. The van der Waals surface area contributed by atoms with Crippen LogP contribution in [0.5, 0.6) is 0 Å². The van der Waals surface area contributed by atoms with E-state index in [0.717, 1.165) is 0 Å². The van der Waals surface area contributed by atoms with Crippen LogP contribution in [0.4, 0.5) is 0 Å². The molecule has 0 aromatic carbocycles. The third-order valence-electron chi connectivity index (χ3n) is 1.54. The zero-order chi connectivity index (χ0) is 17.6. The molecule has 0 saturated heterocycles. The minimum Gasteiger partial charge on any atom is -0.283 e. The minimum absolute atomic E-state index is 0. The van der Waals surface area contributed by atoms with Gasteiger partial charge in [0.25, 0.3) is 0 Å². The van der Waals surface area contributed by atoms with E-state index in [-0.39, 0.29) is 52.1 Å². The van der Waals surface area contributed by atoms with Crippen molar-refractivity contribution >= 4 is 34.7 Å². The second kappa shape index (κ2) is 17.6. The van der Waals surface area contributed by atoms with Gasteiger partial charge in [-0.15, -0.1) is 0 Å². The van der Waals surface area contributed by atoms with E-state index in [1.54, 1.807) is 41.5 Å². The van der Waals surface area contributed by atoms with Crippen molar-refractivity contribution in [2.75, 3.05) is 0 Å². The van der Waals surface area contributed by atoms with Crippen molar-refractivity contribution in [3.05, 3.63) is 0 Å². The second-order valence-corrected chi connectivity index (χ2v) is 4.94. The molecule has 0 atom stereocenters. The Balaban J connectivity index is -0.000000108. The smallest absolute Gasteiger partial charge is 0.283 e. The van der Waals surface area contributed by atoms with Crippen molar-refractivity contribution in [2.45, 2.75) is 60.8 Å². The fourth-order valence-electron chi connectivity index (χ4n) is 1.11. The van der Waals surface area contributed by atoms with Gasteiger partial charge in [0.2, 0.25) is 0 Å². The molecule has 7 heteroatoms. The summed E-state index contributed by atoms with van der Waals surface area (Å²) in [6, 6.07) is 0. The molecular formula is C15H30CrO6+6. The van der Waals surface area contributed by atoms with E-state index in [9.17, 15) is 0 Å². The zero-order valence-electron chi connectivity index (χ0n) is 14.2. The molecule has 6 nitrogen and oxygen atoms in total. The van der Waals surface area contributed by atoms with Crippen molar-refractivity contribution in [3.8, 4) is 0 Å². The Morgan fingerprint density at radius 2 is 0.500 bits per heavy atom. The normalized spacial score (nSPS) is 7.91. The third-order valence-corrected chi connectivity index (χ3v) is 1.54. The molecule has 0 aromatic heterocycles. The molecule has 0 fully saturated rings. The first-order valence-electron chi connectivity index (χ1n) is 6.46. The van der Waals surface area contributed by atoms with E-state index in [2.05, 4.69) is 0 Å². The van der Waals surface area contributed by atoms with Crippen LogP contribution in [-0.2, 0) is 17.4 Å². The Labute approximate surface area is 142 Å². The Morgan fingerprint density at radius 1 is 0.409 bits per heavy atom. The van der Waals surface area contributed by atoms with Gasteiger partial charge in [0, 0.05) is 58.9 Å². The fraction of sp³-hybridized carbons (Fsp3) is 0.600. The van der Waals surface area contributed by atoms with Gasteiger partial charge in [-0.2, -0.15) is 0 Å². The molecule has 6 N–H and O–H groups in total. The third kappa shape index (κ3) is 51.3. The average molecular weight is 358 g/mol. The predicted octanol–water partition coefficient (Wildman–Crippen LogP) is 1.52. The summed E-state index contributed by atoms with van der Waals surface area (Å²) in [6.07, 6.45) is 0.917. The summed E-state index contributed by atoms with van der Waals surface area (Å²) in [4.78, 5) is 50.8. The van der Waals surface area contributed by atoms with Crippen LogP contribution in [-0.4, -0.2) is 63.5 Å². The Hall–Kier alpha value is -1.45. The van der Waals surface area contributed by atoms with Gasteiger partial charge < -0.3 is 0 Å². The number of rotatable bonds is 6. The Morgan fingerprint density at radius 3 is 0.500 bits per heavy atom. The molecule has 0 spiro atoms. The second-order valence-electron chi connectivity index (χ2n) is 4.94. The molecule has 0 aliphatic carbocycles. The number of ketones is 6. The van der Waals surface area contributed by atoms with E-state index < -0.39 is 0 Å². The zero-order valence-corrected chi connectivity index (χ0v) is 15.5. The van der Waals surface area contributed by atoms with Gasteiger partial charge in [-0.05, 0) is 0 Å². The summed E-state index contributed by atoms with van der Waals surface area (Å²) >= 11 is 0. The van der Waals surface area contributed by atoms with Gasteiger partial charge in [-0.3, -0.25) is 28.8 Å². The van der Waals surface area contributed by atoms with Crippen molar-refractivity contribution in [2.24, 2.45) is 0 Å². The first-order valence-corrected chi connectivity index (χ1v) is 6.46. The number of hydrogen-bond acceptors (Lipinski definition) is 0. The van der Waals surface area contributed by atoms with Crippen molar-refractivity contribution in [1.82, 2.24) is 0 Å². The first kappa shape index (κ1) is 28.7. The summed E-state index contributed by atoms with van der Waals surface area (Å²) in [7, 11) is 0. The SMILES string of the molecule is CC(=[OH+])CC(C)=[OH+].CC(=[OH+])CC(C)=[OH+].CC(=[OH+])CC(C)=[OH+].[Cr]. The molecule has 0 unspecified atom stereocenters. The molecular weight excluding hydrogens is 328 g/mol. The van der Waals surface area contributed by atoms with Crippen LogP contribution in [0.2, 0.25) is 0 Å². The van der Waals surface area contributed by atoms with Gasteiger partial charge in [0.1, 0.15) is 0 Å². The standard InChI is InChI=1S/3C5H8O2.Cr/c3*1-4(6)3-5(2)7;/h3*3H2,1-2H3;/p+6. The van der Waals surface area contributed by atoms with Crippen molar-refractivity contribution < 1.29 is 46.1 Å². The minimum atomic E-state index is 0. The molecule has 0 saturated carbocycles. The summed E-state index contributed by atoms with van der Waals surface area (Å²) in [5.41, 5.74) is 0. The van der Waals surface area contributed by atoms with E-state index in [1.165, 1.54) is 0 Å². The molecule has 0 heterocycles. The van der Waals surface area contributed by atoms with E-state index >= 15 is 0 Å². The molecule has 22 heavy (non-hydrogen) atoms. The van der Waals surface area contributed by atoms with Gasteiger partial charge in [-0.1, -0.05) is 0 Å². The maximum Gasteiger partial charge on any atom is 0.302 e. The van der Waals surface area contributed by atoms with E-state index in [1.807, 2.05) is 0 Å². The van der Waals surface area contributed by atoms with Crippen LogP contribution in [0.1, 0.15) is 60.8 Å². The quantitative estimate of drug-likeness (QED) is 0.504. The van der Waals surface area contributed by atoms with Gasteiger partial charge in [0.05, 0.1) is 0 Å². The maximum absolute atomic E-state index is 8.46. The molecule has 0 aromatic rings. The maximum atomic E-state index is 8.46. The topological polar surface area (TPSA) is 128 Å². The van der Waals surface area contributed by atoms with E-state index in [4.69, 9.17) is 28.8 Å². The van der Waals surface area contributed by atoms with Crippen LogP contribution in [0.3, 0.4) is 0 Å². The summed E-state index contributed by atoms with van der Waals surface area (Å²) in [5.74, 6) is 1.50. The summed E-state index contributed by atoms with van der Waals surface area (Å²) in [6.45, 7) is 9.33. The molecule has 0 aliphatic rings. The monoisotopic (exact) mass is 358 g/mol. The van der Waals surface area contributed by atoms with Crippen molar-refractivity contribution in [3.63, 3.8) is 0 Å². The largest absolute Gasteiger partial charge is 0.302 e.